The summed E-state index contributed by atoms with van der Waals surface area (Å²) in [4.78, 5) is 16.6. The Bertz CT molecular complexity index is 1150. The molecule has 3 aromatic rings. The maximum Gasteiger partial charge on any atom is 0.261 e. The Morgan fingerprint density at radius 2 is 1.81 bits per heavy atom. The van der Waals surface area contributed by atoms with E-state index in [0.717, 1.165) is 30.4 Å². The molecular weight excluding hydrogens is 446 g/mol. The second kappa shape index (κ2) is 11.1. The third-order valence-corrected chi connectivity index (χ3v) is 6.65. The summed E-state index contributed by atoms with van der Waals surface area (Å²) in [5.41, 5.74) is 2.71. The second-order valence-electron chi connectivity index (χ2n) is 7.41. The normalized spacial score (nSPS) is 11.2. The monoisotopic (exact) mass is 471 g/mol. The van der Waals surface area contributed by atoms with Crippen molar-refractivity contribution >= 4 is 33.2 Å². The highest BCUT2D eigenvalue weighted by Gasteiger charge is 2.19. The van der Waals surface area contributed by atoms with Crippen LogP contribution in [0.1, 0.15) is 41.3 Å². The minimum absolute atomic E-state index is 0.0330. The molecule has 0 saturated heterocycles. The van der Waals surface area contributed by atoms with Gasteiger partial charge in [0.15, 0.2) is 0 Å². The first kappa shape index (κ1) is 23.8. The van der Waals surface area contributed by atoms with Crippen LogP contribution in [0.5, 0.6) is 0 Å². The van der Waals surface area contributed by atoms with Crippen molar-refractivity contribution in [3.63, 3.8) is 0 Å². The molecule has 0 aliphatic carbocycles. The van der Waals surface area contributed by atoms with Crippen molar-refractivity contribution in [1.29, 1.82) is 0 Å². The van der Waals surface area contributed by atoms with Gasteiger partial charge in [-0.05, 0) is 66.8 Å². The number of aromatic nitrogens is 1. The number of pyridine rings is 1. The third kappa shape index (κ3) is 6.55. The second-order valence-corrected chi connectivity index (χ2v) is 9.50. The van der Waals surface area contributed by atoms with Crippen molar-refractivity contribution < 1.29 is 13.2 Å². The first-order valence-electron chi connectivity index (χ1n) is 10.5. The molecule has 32 heavy (non-hydrogen) atoms. The van der Waals surface area contributed by atoms with E-state index in [4.69, 9.17) is 11.6 Å². The molecule has 1 heterocycles. The molecule has 0 unspecified atom stereocenters. The fraction of sp³-hybridized carbons (Fsp3) is 0.250. The summed E-state index contributed by atoms with van der Waals surface area (Å²) in [6.45, 7) is 2.50. The molecule has 0 fully saturated rings. The summed E-state index contributed by atoms with van der Waals surface area (Å²) >= 11 is 6.17. The van der Waals surface area contributed by atoms with Gasteiger partial charge in [-0.3, -0.25) is 14.5 Å². The predicted octanol–water partition coefficient (Wildman–Crippen LogP) is 4.85. The van der Waals surface area contributed by atoms with Crippen LogP contribution in [0.15, 0.2) is 71.9 Å². The number of nitrogens with zero attached hydrogens (tertiary/aromatic N) is 1. The van der Waals surface area contributed by atoms with Crippen LogP contribution in [-0.4, -0.2) is 25.9 Å². The number of aryl methyl sites for hydroxylation is 1. The van der Waals surface area contributed by atoms with Gasteiger partial charge >= 0.3 is 0 Å². The number of rotatable bonds is 10. The molecule has 0 saturated carbocycles. The first-order valence-corrected chi connectivity index (χ1v) is 12.3. The molecule has 2 N–H and O–H groups in total. The highest BCUT2D eigenvalue weighted by atomic mass is 35.5. The lowest BCUT2D eigenvalue weighted by atomic mass is 10.1. The molecule has 0 aliphatic rings. The van der Waals surface area contributed by atoms with Gasteiger partial charge in [-0.15, -0.1) is 0 Å². The molecule has 1 aromatic heterocycles. The number of benzene rings is 2. The van der Waals surface area contributed by atoms with Crippen molar-refractivity contribution in [2.24, 2.45) is 0 Å². The van der Waals surface area contributed by atoms with Crippen molar-refractivity contribution in [1.82, 2.24) is 10.3 Å². The average molecular weight is 472 g/mol. The topological polar surface area (TPSA) is 88.2 Å². The van der Waals surface area contributed by atoms with E-state index in [9.17, 15) is 13.2 Å². The van der Waals surface area contributed by atoms with E-state index in [1.807, 2.05) is 24.3 Å². The number of hydrogen-bond acceptors (Lipinski definition) is 4. The maximum atomic E-state index is 12.9. The van der Waals surface area contributed by atoms with Gasteiger partial charge in [-0.1, -0.05) is 43.1 Å². The summed E-state index contributed by atoms with van der Waals surface area (Å²) < 4.78 is 28.3. The summed E-state index contributed by atoms with van der Waals surface area (Å²) in [5.74, 6) is -0.434. The van der Waals surface area contributed by atoms with Crippen LogP contribution < -0.4 is 10.0 Å². The van der Waals surface area contributed by atoms with Crippen LogP contribution in [0.2, 0.25) is 5.02 Å². The Balaban J connectivity index is 1.68. The van der Waals surface area contributed by atoms with Gasteiger partial charge in [-0.2, -0.15) is 0 Å². The Hall–Kier alpha value is -2.90. The van der Waals surface area contributed by atoms with Crippen LogP contribution in [0.25, 0.3) is 0 Å². The lowest BCUT2D eigenvalue weighted by Crippen LogP contribution is -2.26. The lowest BCUT2D eigenvalue weighted by molar-refractivity contribution is 0.0954. The fourth-order valence-corrected chi connectivity index (χ4v) is 4.43. The summed E-state index contributed by atoms with van der Waals surface area (Å²) in [5, 5.41) is 2.96. The SMILES string of the molecule is CCCCc1ccc(NS(=O)(=O)c2ccc(Cl)c(C(=O)NCCc3cccnc3)c2)cc1. The van der Waals surface area contributed by atoms with Crippen molar-refractivity contribution in [2.45, 2.75) is 37.5 Å². The Kier molecular flexibility index (Phi) is 8.25. The van der Waals surface area contributed by atoms with Gasteiger partial charge in [0.1, 0.15) is 0 Å². The zero-order chi connectivity index (χ0) is 23.0. The maximum absolute atomic E-state index is 12.9. The van der Waals surface area contributed by atoms with E-state index in [2.05, 4.69) is 21.9 Å². The predicted molar refractivity (Wildman–Crippen MR) is 128 cm³/mol. The number of unbranched alkanes of at least 4 members (excludes halogenated alkanes) is 1. The summed E-state index contributed by atoms with van der Waals surface area (Å²) in [6, 6.07) is 15.1. The molecule has 1 amide bonds. The smallest absolute Gasteiger partial charge is 0.261 e. The lowest BCUT2D eigenvalue weighted by Gasteiger charge is -2.12. The van der Waals surface area contributed by atoms with Crippen molar-refractivity contribution in [2.75, 3.05) is 11.3 Å². The zero-order valence-corrected chi connectivity index (χ0v) is 19.4. The largest absolute Gasteiger partial charge is 0.352 e. The molecule has 6 nitrogen and oxygen atoms in total. The van der Waals surface area contributed by atoms with E-state index in [1.54, 1.807) is 24.5 Å². The summed E-state index contributed by atoms with van der Waals surface area (Å²) in [7, 11) is -3.88. The standard InChI is InChI=1S/C24H26ClN3O3S/c1-2-3-5-18-7-9-20(10-8-18)28-32(30,31)21-11-12-23(25)22(16-21)24(29)27-15-13-19-6-4-14-26-17-19/h4,6-12,14,16-17,28H,2-3,5,13,15H2,1H3,(H,27,29). The quantitative estimate of drug-likeness (QED) is 0.442. The van der Waals surface area contributed by atoms with Crippen LogP contribution >= 0.6 is 11.6 Å². The Labute approximate surface area is 194 Å². The number of amides is 1. The zero-order valence-electron chi connectivity index (χ0n) is 17.8. The molecule has 0 spiro atoms. The average Bonchev–Trinajstić information content (AvgIpc) is 2.79. The number of carbonyl (C=O) groups excluding carboxylic acids is 1. The molecule has 0 aliphatic heterocycles. The number of nitrogens with one attached hydrogen (secondary N) is 2. The number of halogens is 1. The van der Waals surface area contributed by atoms with E-state index in [1.165, 1.54) is 18.2 Å². The molecule has 0 bridgehead atoms. The van der Waals surface area contributed by atoms with Crippen molar-refractivity contribution in [3.8, 4) is 0 Å². The summed E-state index contributed by atoms with van der Waals surface area (Å²) in [6.07, 6.45) is 7.16. The van der Waals surface area contributed by atoms with E-state index < -0.39 is 15.9 Å². The number of anilines is 1. The van der Waals surface area contributed by atoms with E-state index in [0.29, 0.717) is 18.7 Å². The highest BCUT2D eigenvalue weighted by Crippen LogP contribution is 2.23. The molecule has 2 aromatic carbocycles. The molecule has 8 heteroatoms. The number of sulfonamides is 1. The highest BCUT2D eigenvalue weighted by molar-refractivity contribution is 7.92. The van der Waals surface area contributed by atoms with Gasteiger partial charge < -0.3 is 5.32 Å². The molecule has 3 rings (SSSR count). The first-order chi connectivity index (χ1) is 15.4. The van der Waals surface area contributed by atoms with Gasteiger partial charge in [0.2, 0.25) is 0 Å². The van der Waals surface area contributed by atoms with E-state index in [-0.39, 0.29) is 15.5 Å². The fourth-order valence-electron chi connectivity index (χ4n) is 3.14. The van der Waals surface area contributed by atoms with Gasteiger partial charge in [0.05, 0.1) is 15.5 Å². The molecule has 0 radical (unpaired) electrons. The minimum Gasteiger partial charge on any atom is -0.352 e. The van der Waals surface area contributed by atoms with Crippen LogP contribution in [0.3, 0.4) is 0 Å². The Morgan fingerprint density at radius 1 is 1.03 bits per heavy atom. The molecule has 168 valence electrons. The Morgan fingerprint density at radius 3 is 2.50 bits per heavy atom. The minimum atomic E-state index is -3.88. The van der Waals surface area contributed by atoms with Crippen LogP contribution in [0, 0.1) is 0 Å². The third-order valence-electron chi connectivity index (χ3n) is 4.94. The van der Waals surface area contributed by atoms with Crippen LogP contribution in [-0.2, 0) is 22.9 Å². The van der Waals surface area contributed by atoms with Gasteiger partial charge in [0, 0.05) is 24.6 Å². The van der Waals surface area contributed by atoms with Gasteiger partial charge in [0.25, 0.3) is 15.9 Å². The number of hydrogen-bond donors (Lipinski definition) is 2. The van der Waals surface area contributed by atoms with Crippen molar-refractivity contribution in [3.05, 3.63) is 88.7 Å². The molecule has 0 atom stereocenters. The number of carbonyl (C=O) groups is 1. The molecular formula is C24H26ClN3O3S. The van der Waals surface area contributed by atoms with Crippen LogP contribution in [0.4, 0.5) is 5.69 Å². The van der Waals surface area contributed by atoms with E-state index >= 15 is 0 Å². The van der Waals surface area contributed by atoms with Gasteiger partial charge in [-0.25, -0.2) is 8.42 Å².